The van der Waals surface area contributed by atoms with Gasteiger partial charge in [-0.1, -0.05) is 18.2 Å². The highest BCUT2D eigenvalue weighted by atomic mass is 32.1. The monoisotopic (exact) mass is 381 g/mol. The first kappa shape index (κ1) is 17.5. The number of nitrogens with zero attached hydrogens (tertiary/aromatic N) is 2. The third kappa shape index (κ3) is 2.84. The molecule has 0 saturated heterocycles. The summed E-state index contributed by atoms with van der Waals surface area (Å²) in [5, 5.41) is 1.44. The normalized spacial score (nSPS) is 12.6. The molecule has 7 heteroatoms. The highest BCUT2D eigenvalue weighted by molar-refractivity contribution is 7.18. The molecule has 0 aliphatic carbocycles. The third-order valence-electron chi connectivity index (χ3n) is 4.84. The first-order valence-electron chi connectivity index (χ1n) is 8.61. The standard InChI is InChI=1S/C20H19N3O3S/c1-10-12(3)27-19-16(10)18(24)21-17(22-19)11(2)26-20(25)14-9-23(4)15-8-6-5-7-13(14)15/h5-9,11H,1-4H3,(H,21,22,24)/t11-/m1/s1. The third-order valence-corrected chi connectivity index (χ3v) is 5.94. The number of ether oxygens (including phenoxy) is 1. The van der Waals surface area contributed by atoms with Crippen molar-refractivity contribution in [2.45, 2.75) is 26.9 Å². The molecule has 0 aliphatic heterocycles. The van der Waals surface area contributed by atoms with E-state index in [-0.39, 0.29) is 5.56 Å². The Labute approximate surface area is 159 Å². The van der Waals surface area contributed by atoms with Crippen LogP contribution in [0.5, 0.6) is 0 Å². The molecule has 4 rings (SSSR count). The highest BCUT2D eigenvalue weighted by Crippen LogP contribution is 2.28. The summed E-state index contributed by atoms with van der Waals surface area (Å²) in [5.41, 5.74) is 2.18. The molecular formula is C20H19N3O3S. The lowest BCUT2D eigenvalue weighted by atomic mass is 10.2. The van der Waals surface area contributed by atoms with E-state index >= 15 is 0 Å². The van der Waals surface area contributed by atoms with Crippen LogP contribution in [0.2, 0.25) is 0 Å². The zero-order chi connectivity index (χ0) is 19.3. The van der Waals surface area contributed by atoms with E-state index in [0.717, 1.165) is 21.3 Å². The molecule has 138 valence electrons. The predicted octanol–water partition coefficient (Wildman–Crippen LogP) is 4.01. The van der Waals surface area contributed by atoms with Crippen molar-refractivity contribution in [2.24, 2.45) is 7.05 Å². The molecule has 0 saturated carbocycles. The zero-order valence-corrected chi connectivity index (χ0v) is 16.3. The van der Waals surface area contributed by atoms with Crippen molar-refractivity contribution in [1.82, 2.24) is 14.5 Å². The second-order valence-corrected chi connectivity index (χ2v) is 7.84. The lowest BCUT2D eigenvalue weighted by molar-refractivity contribution is 0.0322. The summed E-state index contributed by atoms with van der Waals surface area (Å²) in [5.74, 6) is -0.0945. The van der Waals surface area contributed by atoms with E-state index in [9.17, 15) is 9.59 Å². The van der Waals surface area contributed by atoms with Gasteiger partial charge in [0.15, 0.2) is 11.9 Å². The molecule has 1 aromatic carbocycles. The van der Waals surface area contributed by atoms with Gasteiger partial charge in [0.05, 0.1) is 10.9 Å². The highest BCUT2D eigenvalue weighted by Gasteiger charge is 2.21. The minimum atomic E-state index is -0.670. The van der Waals surface area contributed by atoms with E-state index in [1.165, 1.54) is 11.3 Å². The molecule has 4 aromatic rings. The lowest BCUT2D eigenvalue weighted by Gasteiger charge is -2.12. The minimum absolute atomic E-state index is 0.204. The number of carbonyl (C=O) groups excluding carboxylic acids is 1. The van der Waals surface area contributed by atoms with E-state index in [4.69, 9.17) is 4.74 Å². The summed E-state index contributed by atoms with van der Waals surface area (Å²) < 4.78 is 7.49. The maximum Gasteiger partial charge on any atom is 0.341 e. The van der Waals surface area contributed by atoms with Crippen molar-refractivity contribution in [3.8, 4) is 0 Å². The summed E-state index contributed by atoms with van der Waals surface area (Å²) in [7, 11) is 1.89. The fourth-order valence-electron chi connectivity index (χ4n) is 3.25. The first-order chi connectivity index (χ1) is 12.9. The lowest BCUT2D eigenvalue weighted by Crippen LogP contribution is -2.17. The first-order valence-corrected chi connectivity index (χ1v) is 9.43. The molecule has 0 amide bonds. The minimum Gasteiger partial charge on any atom is -0.451 e. The van der Waals surface area contributed by atoms with Crippen LogP contribution in [0.4, 0.5) is 0 Å². The molecule has 6 nitrogen and oxygen atoms in total. The Morgan fingerprint density at radius 1 is 1.30 bits per heavy atom. The zero-order valence-electron chi connectivity index (χ0n) is 15.5. The van der Waals surface area contributed by atoms with Gasteiger partial charge in [0.1, 0.15) is 4.83 Å². The molecule has 3 aromatic heterocycles. The van der Waals surface area contributed by atoms with Gasteiger partial charge < -0.3 is 14.3 Å². The van der Waals surface area contributed by atoms with Crippen molar-refractivity contribution in [3.63, 3.8) is 0 Å². The van der Waals surface area contributed by atoms with E-state index in [1.54, 1.807) is 13.1 Å². The average Bonchev–Trinajstić information content (AvgIpc) is 3.12. The van der Waals surface area contributed by atoms with Crippen LogP contribution in [0.15, 0.2) is 35.3 Å². The number of hydrogen-bond donors (Lipinski definition) is 1. The van der Waals surface area contributed by atoms with E-state index in [0.29, 0.717) is 21.6 Å². The van der Waals surface area contributed by atoms with Gasteiger partial charge in [-0.3, -0.25) is 4.79 Å². The number of carbonyl (C=O) groups is 1. The Morgan fingerprint density at radius 2 is 2.04 bits per heavy atom. The number of benzene rings is 1. The number of aryl methyl sites for hydroxylation is 3. The fraction of sp³-hybridized carbons (Fsp3) is 0.250. The van der Waals surface area contributed by atoms with E-state index < -0.39 is 12.1 Å². The number of aromatic amines is 1. The summed E-state index contributed by atoms with van der Waals surface area (Å²) in [6, 6.07) is 7.65. The molecule has 0 aliphatic rings. The Kier molecular flexibility index (Phi) is 4.11. The van der Waals surface area contributed by atoms with Gasteiger partial charge in [-0.15, -0.1) is 11.3 Å². The van der Waals surface area contributed by atoms with Gasteiger partial charge in [0.2, 0.25) is 0 Å². The number of rotatable bonds is 3. The van der Waals surface area contributed by atoms with E-state index in [2.05, 4.69) is 9.97 Å². The summed E-state index contributed by atoms with van der Waals surface area (Å²) >= 11 is 1.47. The summed E-state index contributed by atoms with van der Waals surface area (Å²) in [4.78, 5) is 34.1. The predicted molar refractivity (Wildman–Crippen MR) is 106 cm³/mol. The second-order valence-electron chi connectivity index (χ2n) is 6.63. The molecule has 0 spiro atoms. The summed E-state index contributed by atoms with van der Waals surface area (Å²) in [6.45, 7) is 5.58. The van der Waals surface area contributed by atoms with Gasteiger partial charge in [0, 0.05) is 29.0 Å². The van der Waals surface area contributed by atoms with Crippen LogP contribution >= 0.6 is 11.3 Å². The Morgan fingerprint density at radius 3 is 2.81 bits per heavy atom. The molecule has 0 fully saturated rings. The van der Waals surface area contributed by atoms with Crippen LogP contribution in [-0.2, 0) is 11.8 Å². The molecule has 3 heterocycles. The molecule has 0 radical (unpaired) electrons. The van der Waals surface area contributed by atoms with Crippen LogP contribution < -0.4 is 5.56 Å². The Balaban J connectivity index is 1.67. The number of para-hydroxylation sites is 1. The molecular weight excluding hydrogens is 362 g/mol. The SMILES string of the molecule is Cc1sc2nc([C@@H](C)OC(=O)c3cn(C)c4ccccc34)[nH]c(=O)c2c1C. The van der Waals surface area contributed by atoms with Gasteiger partial charge in [0.25, 0.3) is 5.56 Å². The Bertz CT molecular complexity index is 1250. The smallest absolute Gasteiger partial charge is 0.341 e. The van der Waals surface area contributed by atoms with Gasteiger partial charge in [-0.05, 0) is 32.4 Å². The van der Waals surface area contributed by atoms with Gasteiger partial charge in [-0.2, -0.15) is 0 Å². The number of H-pyrrole nitrogens is 1. The fourth-order valence-corrected chi connectivity index (χ4v) is 4.29. The number of aromatic nitrogens is 3. The number of thiophene rings is 1. The van der Waals surface area contributed by atoms with Crippen molar-refractivity contribution in [1.29, 1.82) is 0 Å². The molecule has 27 heavy (non-hydrogen) atoms. The van der Waals surface area contributed by atoms with Crippen LogP contribution in [0.25, 0.3) is 21.1 Å². The quantitative estimate of drug-likeness (QED) is 0.544. The second kappa shape index (κ2) is 6.35. The van der Waals surface area contributed by atoms with Gasteiger partial charge in [-0.25, -0.2) is 9.78 Å². The van der Waals surface area contributed by atoms with Crippen LogP contribution in [-0.4, -0.2) is 20.5 Å². The van der Waals surface area contributed by atoms with Crippen LogP contribution in [0.1, 0.15) is 39.7 Å². The Hall–Kier alpha value is -2.93. The molecule has 0 bridgehead atoms. The van der Waals surface area contributed by atoms with E-state index in [1.807, 2.05) is 49.7 Å². The van der Waals surface area contributed by atoms with Gasteiger partial charge >= 0.3 is 5.97 Å². The maximum atomic E-state index is 12.7. The van der Waals surface area contributed by atoms with Crippen LogP contribution in [0, 0.1) is 13.8 Å². The van der Waals surface area contributed by atoms with Crippen molar-refractivity contribution in [3.05, 3.63) is 62.6 Å². The van der Waals surface area contributed by atoms with Crippen molar-refractivity contribution < 1.29 is 9.53 Å². The summed E-state index contributed by atoms with van der Waals surface area (Å²) in [6.07, 6.45) is 1.08. The number of nitrogens with one attached hydrogen (secondary N) is 1. The maximum absolute atomic E-state index is 12.7. The topological polar surface area (TPSA) is 77.0 Å². The molecule has 0 unspecified atom stereocenters. The molecule has 1 atom stereocenters. The van der Waals surface area contributed by atoms with Crippen molar-refractivity contribution >= 4 is 38.4 Å². The number of esters is 1. The number of hydrogen-bond acceptors (Lipinski definition) is 5. The van der Waals surface area contributed by atoms with Crippen molar-refractivity contribution in [2.75, 3.05) is 0 Å². The largest absolute Gasteiger partial charge is 0.451 e. The van der Waals surface area contributed by atoms with Crippen LogP contribution in [0.3, 0.4) is 0 Å². The molecule has 1 N–H and O–H groups in total. The average molecular weight is 381 g/mol. The number of fused-ring (bicyclic) bond motifs is 2.